The molecule has 0 atom stereocenters. The lowest BCUT2D eigenvalue weighted by Crippen LogP contribution is -2.34. The largest absolute Gasteiger partial charge is 0.381 e. The molecule has 0 spiro atoms. The summed E-state index contributed by atoms with van der Waals surface area (Å²) >= 11 is 0. The third-order valence-corrected chi connectivity index (χ3v) is 4.19. The molecule has 5 nitrogen and oxygen atoms in total. The molecule has 0 aliphatic heterocycles. The summed E-state index contributed by atoms with van der Waals surface area (Å²) < 4.78 is 5.33. The quantitative estimate of drug-likeness (QED) is 0.913. The van der Waals surface area contributed by atoms with Gasteiger partial charge in [0.1, 0.15) is 6.33 Å². The number of carbonyl (C=O) groups excluding carboxylic acids is 1. The molecular formula is C15H23N3O2. The van der Waals surface area contributed by atoms with E-state index in [0.29, 0.717) is 12.6 Å². The van der Waals surface area contributed by atoms with Crippen LogP contribution in [0.1, 0.15) is 42.6 Å². The maximum Gasteiger partial charge on any atom is 0.223 e. The molecule has 1 saturated carbocycles. The van der Waals surface area contributed by atoms with Crippen molar-refractivity contribution < 1.29 is 9.53 Å². The number of nitrogens with zero attached hydrogens (tertiary/aromatic N) is 2. The first-order valence-corrected chi connectivity index (χ1v) is 7.19. The Morgan fingerprint density at radius 1 is 1.25 bits per heavy atom. The molecular weight excluding hydrogens is 254 g/mol. The molecule has 0 radical (unpaired) electrons. The zero-order chi connectivity index (χ0) is 14.5. The molecule has 0 aromatic carbocycles. The highest BCUT2D eigenvalue weighted by atomic mass is 16.5. The topological polar surface area (TPSA) is 64.1 Å². The number of aryl methyl sites for hydroxylation is 2. The van der Waals surface area contributed by atoms with Crippen molar-refractivity contribution in [3.05, 3.63) is 23.3 Å². The van der Waals surface area contributed by atoms with Crippen LogP contribution in [0, 0.1) is 19.8 Å². The summed E-state index contributed by atoms with van der Waals surface area (Å²) in [5.74, 6) is 0.258. The Hall–Kier alpha value is -1.49. The summed E-state index contributed by atoms with van der Waals surface area (Å²) in [5, 5.41) is 3.02. The van der Waals surface area contributed by atoms with Crippen molar-refractivity contribution in [1.82, 2.24) is 15.3 Å². The summed E-state index contributed by atoms with van der Waals surface area (Å²) in [6.07, 6.45) is 5.65. The van der Waals surface area contributed by atoms with Crippen LogP contribution in [0.3, 0.4) is 0 Å². The first kappa shape index (κ1) is 14.9. The standard InChI is InChI=1S/C15H23N3O2/c1-10-14(11(2)18-9-17-10)8-16-15(19)12-4-6-13(20-3)7-5-12/h9,12-13H,4-8H2,1-3H3,(H,16,19). The Bertz CT molecular complexity index is 448. The van der Waals surface area contributed by atoms with Gasteiger partial charge in [0.05, 0.1) is 6.10 Å². The highest BCUT2D eigenvalue weighted by molar-refractivity contribution is 5.78. The first-order chi connectivity index (χ1) is 9.61. The summed E-state index contributed by atoms with van der Waals surface area (Å²) in [5.41, 5.74) is 2.88. The van der Waals surface area contributed by atoms with Crippen LogP contribution in [-0.2, 0) is 16.1 Å². The fourth-order valence-electron chi connectivity index (χ4n) is 2.76. The molecule has 1 aliphatic carbocycles. The van der Waals surface area contributed by atoms with Crippen molar-refractivity contribution in [2.45, 2.75) is 52.2 Å². The van der Waals surface area contributed by atoms with Gasteiger partial charge in [-0.2, -0.15) is 0 Å². The Kier molecular flexibility index (Phi) is 5.06. The van der Waals surface area contributed by atoms with Crippen LogP contribution in [0.2, 0.25) is 0 Å². The van der Waals surface area contributed by atoms with Gasteiger partial charge in [-0.05, 0) is 39.5 Å². The molecule has 1 aromatic rings. The predicted octanol–water partition coefficient (Wildman–Crippen LogP) is 1.91. The number of nitrogens with one attached hydrogen (secondary N) is 1. The van der Waals surface area contributed by atoms with Gasteiger partial charge in [0, 0.05) is 36.5 Å². The second kappa shape index (κ2) is 6.79. The number of hydrogen-bond acceptors (Lipinski definition) is 4. The van der Waals surface area contributed by atoms with Crippen LogP contribution < -0.4 is 5.32 Å². The molecule has 0 unspecified atom stereocenters. The number of ether oxygens (including phenoxy) is 1. The molecule has 110 valence electrons. The van der Waals surface area contributed by atoms with Gasteiger partial charge in [0.25, 0.3) is 0 Å². The zero-order valence-electron chi connectivity index (χ0n) is 12.5. The average Bonchev–Trinajstić information content (AvgIpc) is 2.46. The van der Waals surface area contributed by atoms with E-state index in [1.807, 2.05) is 13.8 Å². The van der Waals surface area contributed by atoms with E-state index in [1.165, 1.54) is 0 Å². The Morgan fingerprint density at radius 2 is 1.85 bits per heavy atom. The minimum Gasteiger partial charge on any atom is -0.381 e. The molecule has 1 N–H and O–H groups in total. The van der Waals surface area contributed by atoms with Crippen LogP contribution in [0.4, 0.5) is 0 Å². The van der Waals surface area contributed by atoms with Gasteiger partial charge in [-0.3, -0.25) is 4.79 Å². The molecule has 1 aromatic heterocycles. The predicted molar refractivity (Wildman–Crippen MR) is 76.1 cm³/mol. The number of rotatable bonds is 4. The van der Waals surface area contributed by atoms with Crippen molar-refractivity contribution >= 4 is 5.91 Å². The van der Waals surface area contributed by atoms with Gasteiger partial charge in [-0.15, -0.1) is 0 Å². The molecule has 1 aliphatic rings. The Morgan fingerprint density at radius 3 is 2.40 bits per heavy atom. The number of methoxy groups -OCH3 is 1. The van der Waals surface area contributed by atoms with Crippen molar-refractivity contribution in [2.75, 3.05) is 7.11 Å². The van der Waals surface area contributed by atoms with E-state index in [4.69, 9.17) is 4.74 Å². The minimum atomic E-state index is 0.117. The number of aromatic nitrogens is 2. The van der Waals surface area contributed by atoms with E-state index in [2.05, 4.69) is 15.3 Å². The van der Waals surface area contributed by atoms with Gasteiger partial charge in [-0.25, -0.2) is 9.97 Å². The maximum atomic E-state index is 12.2. The van der Waals surface area contributed by atoms with Crippen LogP contribution in [-0.4, -0.2) is 29.1 Å². The third-order valence-electron chi connectivity index (χ3n) is 4.19. The van der Waals surface area contributed by atoms with E-state index in [9.17, 15) is 4.79 Å². The fraction of sp³-hybridized carbons (Fsp3) is 0.667. The normalized spacial score (nSPS) is 22.6. The monoisotopic (exact) mass is 277 g/mol. The van der Waals surface area contributed by atoms with E-state index in [-0.39, 0.29) is 11.8 Å². The molecule has 1 amide bonds. The number of amides is 1. The molecule has 0 bridgehead atoms. The minimum absolute atomic E-state index is 0.117. The van der Waals surface area contributed by atoms with Crippen molar-refractivity contribution in [1.29, 1.82) is 0 Å². The summed E-state index contributed by atoms with van der Waals surface area (Å²) in [6, 6.07) is 0. The lowest BCUT2D eigenvalue weighted by Gasteiger charge is -2.26. The fourth-order valence-corrected chi connectivity index (χ4v) is 2.76. The Labute approximate surface area is 120 Å². The highest BCUT2D eigenvalue weighted by Gasteiger charge is 2.26. The van der Waals surface area contributed by atoms with Gasteiger partial charge >= 0.3 is 0 Å². The molecule has 0 saturated heterocycles. The first-order valence-electron chi connectivity index (χ1n) is 7.19. The second-order valence-electron chi connectivity index (χ2n) is 5.45. The lowest BCUT2D eigenvalue weighted by atomic mass is 9.87. The number of hydrogen-bond donors (Lipinski definition) is 1. The smallest absolute Gasteiger partial charge is 0.223 e. The molecule has 1 fully saturated rings. The SMILES string of the molecule is COC1CCC(C(=O)NCc2c(C)ncnc2C)CC1. The van der Waals surface area contributed by atoms with Crippen LogP contribution in [0.25, 0.3) is 0 Å². The number of carbonyl (C=O) groups is 1. The molecule has 20 heavy (non-hydrogen) atoms. The summed E-state index contributed by atoms with van der Waals surface area (Å²) in [7, 11) is 1.74. The Balaban J connectivity index is 1.87. The van der Waals surface area contributed by atoms with Crippen molar-refractivity contribution in [2.24, 2.45) is 5.92 Å². The summed E-state index contributed by atoms with van der Waals surface area (Å²) in [4.78, 5) is 20.5. The zero-order valence-corrected chi connectivity index (χ0v) is 12.5. The van der Waals surface area contributed by atoms with Crippen molar-refractivity contribution in [3.8, 4) is 0 Å². The van der Waals surface area contributed by atoms with Crippen LogP contribution >= 0.6 is 0 Å². The van der Waals surface area contributed by atoms with E-state index in [0.717, 1.165) is 42.6 Å². The van der Waals surface area contributed by atoms with E-state index < -0.39 is 0 Å². The molecule has 5 heteroatoms. The van der Waals surface area contributed by atoms with E-state index >= 15 is 0 Å². The average molecular weight is 277 g/mol. The lowest BCUT2D eigenvalue weighted by molar-refractivity contribution is -0.126. The third kappa shape index (κ3) is 3.54. The van der Waals surface area contributed by atoms with Crippen LogP contribution in [0.15, 0.2) is 6.33 Å². The maximum absolute atomic E-state index is 12.2. The van der Waals surface area contributed by atoms with Gasteiger partial charge in [-0.1, -0.05) is 0 Å². The molecule has 2 rings (SSSR count). The molecule has 1 heterocycles. The van der Waals surface area contributed by atoms with Crippen LogP contribution in [0.5, 0.6) is 0 Å². The highest BCUT2D eigenvalue weighted by Crippen LogP contribution is 2.26. The van der Waals surface area contributed by atoms with Gasteiger partial charge < -0.3 is 10.1 Å². The summed E-state index contributed by atoms with van der Waals surface area (Å²) in [6.45, 7) is 4.40. The van der Waals surface area contributed by atoms with Gasteiger partial charge in [0.15, 0.2) is 0 Å². The van der Waals surface area contributed by atoms with E-state index in [1.54, 1.807) is 13.4 Å². The second-order valence-corrected chi connectivity index (χ2v) is 5.45. The van der Waals surface area contributed by atoms with Crippen molar-refractivity contribution in [3.63, 3.8) is 0 Å². The van der Waals surface area contributed by atoms with Gasteiger partial charge in [0.2, 0.25) is 5.91 Å².